The molecule has 0 saturated carbocycles. The van der Waals surface area contributed by atoms with Gasteiger partial charge in [0.05, 0.1) is 0 Å². The molecule has 0 N–H and O–H groups in total. The molecule has 106 valence electrons. The van der Waals surface area contributed by atoms with Gasteiger partial charge in [-0.3, -0.25) is 0 Å². The molecule has 0 amide bonds. The zero-order chi connectivity index (χ0) is 14.3. The van der Waals surface area contributed by atoms with Gasteiger partial charge in [-0.25, -0.2) is 0 Å². The zero-order valence-electron chi connectivity index (χ0n) is 14.3. The zero-order valence-corrected chi connectivity index (χ0v) is 14.3. The van der Waals surface area contributed by atoms with E-state index in [2.05, 4.69) is 55.4 Å². The molecule has 0 radical (unpaired) electrons. The van der Waals surface area contributed by atoms with Crippen molar-refractivity contribution >= 4 is 0 Å². The highest BCUT2D eigenvalue weighted by atomic mass is 14.4. The first kappa shape index (κ1) is 19.3. The third kappa shape index (κ3) is 10.9. The summed E-state index contributed by atoms with van der Waals surface area (Å²) in [5.41, 5.74) is 0.933. The monoisotopic (exact) mass is 242 g/mol. The number of hydrogen-bond acceptors (Lipinski definition) is 0. The molecule has 0 aromatic rings. The molecule has 0 aliphatic carbocycles. The summed E-state index contributed by atoms with van der Waals surface area (Å²) in [6, 6.07) is 0. The molecule has 0 rings (SSSR count). The van der Waals surface area contributed by atoms with E-state index in [1.54, 1.807) is 0 Å². The summed E-state index contributed by atoms with van der Waals surface area (Å²) in [6.45, 7) is 23.0. The van der Waals surface area contributed by atoms with E-state index in [-0.39, 0.29) is 0 Å². The Balaban J connectivity index is 0. The molecule has 0 saturated heterocycles. The van der Waals surface area contributed by atoms with Crippen LogP contribution in [0.15, 0.2) is 0 Å². The van der Waals surface area contributed by atoms with Gasteiger partial charge in [-0.1, -0.05) is 75.7 Å². The minimum Gasteiger partial charge on any atom is -0.0683 e. The van der Waals surface area contributed by atoms with Crippen LogP contribution in [0.25, 0.3) is 0 Å². The molecule has 0 heterocycles. The molecular weight excluding hydrogens is 204 g/mol. The SMILES string of the molecule is CC.CC(C)CCC(C)C(C)(C)CC(C)(C)C. The average molecular weight is 242 g/mol. The van der Waals surface area contributed by atoms with Gasteiger partial charge in [0.15, 0.2) is 0 Å². The molecule has 0 spiro atoms. The first-order chi connectivity index (χ1) is 7.54. The Morgan fingerprint density at radius 3 is 1.47 bits per heavy atom. The third-order valence-corrected chi connectivity index (χ3v) is 3.50. The van der Waals surface area contributed by atoms with E-state index < -0.39 is 0 Å². The Morgan fingerprint density at radius 2 is 1.18 bits per heavy atom. The van der Waals surface area contributed by atoms with Gasteiger partial charge in [0.1, 0.15) is 0 Å². The molecule has 0 aliphatic rings. The maximum atomic E-state index is 2.43. The summed E-state index contributed by atoms with van der Waals surface area (Å²) in [4.78, 5) is 0. The van der Waals surface area contributed by atoms with Crippen LogP contribution in [-0.2, 0) is 0 Å². The van der Waals surface area contributed by atoms with E-state index >= 15 is 0 Å². The van der Waals surface area contributed by atoms with E-state index in [9.17, 15) is 0 Å². The van der Waals surface area contributed by atoms with Gasteiger partial charge < -0.3 is 0 Å². The minimum absolute atomic E-state index is 0.454. The van der Waals surface area contributed by atoms with Gasteiger partial charge in [-0.05, 0) is 35.5 Å². The fourth-order valence-corrected chi connectivity index (χ4v) is 2.52. The number of rotatable bonds is 5. The lowest BCUT2D eigenvalue weighted by Gasteiger charge is -2.38. The van der Waals surface area contributed by atoms with E-state index in [1.165, 1.54) is 19.3 Å². The van der Waals surface area contributed by atoms with Crippen molar-refractivity contribution in [1.29, 1.82) is 0 Å². The Bertz CT molecular complexity index is 169. The molecule has 0 nitrogen and oxygen atoms in total. The summed E-state index contributed by atoms with van der Waals surface area (Å²) >= 11 is 0. The minimum atomic E-state index is 0.454. The summed E-state index contributed by atoms with van der Waals surface area (Å²) in [6.07, 6.45) is 4.06. The highest BCUT2D eigenvalue weighted by molar-refractivity contribution is 4.80. The Labute approximate surface area is 112 Å². The van der Waals surface area contributed by atoms with Crippen LogP contribution in [0.3, 0.4) is 0 Å². The van der Waals surface area contributed by atoms with Crippen LogP contribution in [0.4, 0.5) is 0 Å². The van der Waals surface area contributed by atoms with Gasteiger partial charge >= 0.3 is 0 Å². The summed E-state index contributed by atoms with van der Waals surface area (Å²) in [7, 11) is 0. The van der Waals surface area contributed by atoms with Crippen molar-refractivity contribution in [1.82, 2.24) is 0 Å². The Hall–Kier alpha value is 0. The lowest BCUT2D eigenvalue weighted by molar-refractivity contribution is 0.130. The first-order valence-electron chi connectivity index (χ1n) is 7.54. The predicted octanol–water partition coefficient (Wildman–Crippen LogP) is 6.55. The van der Waals surface area contributed by atoms with Gasteiger partial charge in [-0.2, -0.15) is 0 Å². The maximum absolute atomic E-state index is 2.43. The van der Waals surface area contributed by atoms with Crippen molar-refractivity contribution in [3.63, 3.8) is 0 Å². The van der Waals surface area contributed by atoms with Crippen LogP contribution >= 0.6 is 0 Å². The van der Waals surface area contributed by atoms with E-state index in [0.717, 1.165) is 11.8 Å². The molecule has 1 atom stereocenters. The van der Waals surface area contributed by atoms with Crippen molar-refractivity contribution in [2.24, 2.45) is 22.7 Å². The van der Waals surface area contributed by atoms with Crippen molar-refractivity contribution in [3.05, 3.63) is 0 Å². The summed E-state index contributed by atoms with van der Waals surface area (Å²) < 4.78 is 0. The van der Waals surface area contributed by atoms with Crippen molar-refractivity contribution in [2.75, 3.05) is 0 Å². The molecule has 0 fully saturated rings. The van der Waals surface area contributed by atoms with Crippen LogP contribution in [0.5, 0.6) is 0 Å². The van der Waals surface area contributed by atoms with Gasteiger partial charge in [0.2, 0.25) is 0 Å². The van der Waals surface area contributed by atoms with Crippen LogP contribution in [0.1, 0.15) is 88.5 Å². The second-order valence-corrected chi connectivity index (χ2v) is 7.60. The van der Waals surface area contributed by atoms with Crippen LogP contribution in [0, 0.1) is 22.7 Å². The summed E-state index contributed by atoms with van der Waals surface area (Å²) in [5.74, 6) is 1.68. The fraction of sp³-hybridized carbons (Fsp3) is 1.00. The lowest BCUT2D eigenvalue weighted by Crippen LogP contribution is -2.27. The van der Waals surface area contributed by atoms with Crippen molar-refractivity contribution in [2.45, 2.75) is 88.5 Å². The van der Waals surface area contributed by atoms with Gasteiger partial charge in [0, 0.05) is 0 Å². The Morgan fingerprint density at radius 1 is 0.765 bits per heavy atom. The van der Waals surface area contributed by atoms with Crippen LogP contribution in [-0.4, -0.2) is 0 Å². The molecule has 0 aromatic heterocycles. The first-order valence-corrected chi connectivity index (χ1v) is 7.54. The molecule has 1 unspecified atom stereocenters. The normalized spacial score (nSPS) is 14.3. The highest BCUT2D eigenvalue weighted by Gasteiger charge is 2.30. The molecule has 17 heavy (non-hydrogen) atoms. The smallest absolute Gasteiger partial charge is 0.0324 e. The van der Waals surface area contributed by atoms with Crippen LogP contribution < -0.4 is 0 Å². The lowest BCUT2D eigenvalue weighted by atomic mass is 9.68. The largest absolute Gasteiger partial charge is 0.0683 e. The second-order valence-electron chi connectivity index (χ2n) is 7.60. The van der Waals surface area contributed by atoms with E-state index in [4.69, 9.17) is 0 Å². The molecule has 0 aliphatic heterocycles. The predicted molar refractivity (Wildman–Crippen MR) is 82.4 cm³/mol. The van der Waals surface area contributed by atoms with Gasteiger partial charge in [0.25, 0.3) is 0 Å². The molecular formula is C17H38. The average Bonchev–Trinajstić information content (AvgIpc) is 2.13. The quantitative estimate of drug-likeness (QED) is 0.513. The van der Waals surface area contributed by atoms with E-state index in [0.29, 0.717) is 10.8 Å². The molecule has 0 heteroatoms. The maximum Gasteiger partial charge on any atom is -0.0324 e. The highest BCUT2D eigenvalue weighted by Crippen LogP contribution is 2.40. The fourth-order valence-electron chi connectivity index (χ4n) is 2.52. The van der Waals surface area contributed by atoms with E-state index in [1.807, 2.05) is 13.8 Å². The third-order valence-electron chi connectivity index (χ3n) is 3.50. The Kier molecular flexibility index (Phi) is 9.29. The second kappa shape index (κ2) is 8.16. The number of hydrogen-bond donors (Lipinski definition) is 0. The van der Waals surface area contributed by atoms with Crippen LogP contribution in [0.2, 0.25) is 0 Å². The molecule has 0 bridgehead atoms. The standard InChI is InChI=1S/C15H32.C2H6/c1-12(2)9-10-13(3)15(7,8)11-14(4,5)6;1-2/h12-13H,9-11H2,1-8H3;1-2H3. The van der Waals surface area contributed by atoms with Crippen molar-refractivity contribution in [3.8, 4) is 0 Å². The molecule has 0 aromatic carbocycles. The summed E-state index contributed by atoms with van der Waals surface area (Å²) in [5, 5.41) is 0. The van der Waals surface area contributed by atoms with Gasteiger partial charge in [-0.15, -0.1) is 0 Å². The van der Waals surface area contributed by atoms with Crippen molar-refractivity contribution < 1.29 is 0 Å². The topological polar surface area (TPSA) is 0 Å².